The molecule has 8 heteroatoms. The van der Waals surface area contributed by atoms with Crippen LogP contribution in [0, 0.1) is 12.7 Å². The number of anilines is 1. The minimum atomic E-state index is -3.53. The molecule has 0 bridgehead atoms. The molecule has 1 aromatic heterocycles. The van der Waals surface area contributed by atoms with Gasteiger partial charge in [-0.1, -0.05) is 0 Å². The second-order valence-electron chi connectivity index (χ2n) is 6.13. The molecular weight excluding hydrogens is 345 g/mol. The van der Waals surface area contributed by atoms with Crippen molar-refractivity contribution in [3.05, 3.63) is 41.8 Å². The highest BCUT2D eigenvalue weighted by atomic mass is 32.2. The highest BCUT2D eigenvalue weighted by molar-refractivity contribution is 7.91. The van der Waals surface area contributed by atoms with Crippen molar-refractivity contribution in [3.8, 4) is 0 Å². The molecule has 0 aliphatic rings. The van der Waals surface area contributed by atoms with E-state index < -0.39 is 15.7 Å². The maximum Gasteiger partial charge on any atom is 0.225 e. The summed E-state index contributed by atoms with van der Waals surface area (Å²) >= 11 is 0. The smallest absolute Gasteiger partial charge is 0.225 e. The van der Waals surface area contributed by atoms with Crippen LogP contribution >= 0.6 is 0 Å². The monoisotopic (exact) mass is 367 g/mol. The molecule has 136 valence electrons. The summed E-state index contributed by atoms with van der Waals surface area (Å²) in [4.78, 5) is 12.1. The predicted octanol–water partition coefficient (Wildman–Crippen LogP) is 3.10. The first kappa shape index (κ1) is 19.1. The van der Waals surface area contributed by atoms with Crippen LogP contribution in [0.25, 0.3) is 0 Å². The van der Waals surface area contributed by atoms with Gasteiger partial charge in [0.2, 0.25) is 5.91 Å². The lowest BCUT2D eigenvalue weighted by Gasteiger charge is -2.11. The summed E-state index contributed by atoms with van der Waals surface area (Å²) in [6.45, 7) is 5.75. The van der Waals surface area contributed by atoms with Gasteiger partial charge < -0.3 is 5.32 Å². The molecule has 0 radical (unpaired) electrons. The maximum atomic E-state index is 12.9. The third-order valence-corrected chi connectivity index (χ3v) is 5.42. The molecule has 6 nitrogen and oxygen atoms in total. The summed E-state index contributed by atoms with van der Waals surface area (Å²) in [5.74, 6) is -0.334. The van der Waals surface area contributed by atoms with Crippen molar-refractivity contribution in [3.63, 3.8) is 0 Å². The molecule has 0 aliphatic heterocycles. The molecule has 1 amide bonds. The van der Waals surface area contributed by atoms with Crippen molar-refractivity contribution in [2.45, 2.75) is 44.6 Å². The number of carbonyl (C=O) groups is 1. The molecule has 0 unspecified atom stereocenters. The Morgan fingerprint density at radius 3 is 2.52 bits per heavy atom. The van der Waals surface area contributed by atoms with E-state index in [0.717, 1.165) is 17.8 Å². The second kappa shape index (κ2) is 7.77. The first-order valence-electron chi connectivity index (χ1n) is 8.03. The van der Waals surface area contributed by atoms with E-state index in [1.54, 1.807) is 10.7 Å². The molecule has 0 fully saturated rings. The normalized spacial score (nSPS) is 11.7. The SMILES string of the molecule is Cc1cc(NC(=O)CCCS(=O)(=O)c2ccc(F)cc2)n(C(C)C)n1. The van der Waals surface area contributed by atoms with Gasteiger partial charge in [-0.15, -0.1) is 0 Å². The third-order valence-electron chi connectivity index (χ3n) is 3.60. The summed E-state index contributed by atoms with van der Waals surface area (Å²) in [7, 11) is -3.53. The molecule has 0 saturated heterocycles. The van der Waals surface area contributed by atoms with Gasteiger partial charge in [0.05, 0.1) is 16.3 Å². The van der Waals surface area contributed by atoms with Crippen LogP contribution in [-0.4, -0.2) is 29.9 Å². The molecule has 1 N–H and O–H groups in total. The fraction of sp³-hybridized carbons (Fsp3) is 0.412. The van der Waals surface area contributed by atoms with E-state index in [9.17, 15) is 17.6 Å². The van der Waals surface area contributed by atoms with Crippen LogP contribution in [0.3, 0.4) is 0 Å². The van der Waals surface area contributed by atoms with Gasteiger partial charge in [0.25, 0.3) is 0 Å². The van der Waals surface area contributed by atoms with E-state index in [4.69, 9.17) is 0 Å². The van der Waals surface area contributed by atoms with Crippen LogP contribution in [0.4, 0.5) is 10.2 Å². The van der Waals surface area contributed by atoms with Crippen molar-refractivity contribution in [2.75, 3.05) is 11.1 Å². The minimum absolute atomic E-state index is 0.0582. The van der Waals surface area contributed by atoms with Gasteiger partial charge in [0, 0.05) is 18.5 Å². The predicted molar refractivity (Wildman–Crippen MR) is 93.7 cm³/mol. The fourth-order valence-electron chi connectivity index (χ4n) is 2.39. The van der Waals surface area contributed by atoms with E-state index >= 15 is 0 Å². The Labute approximate surface area is 147 Å². The summed E-state index contributed by atoms with van der Waals surface area (Å²) in [6.07, 6.45) is 0.253. The van der Waals surface area contributed by atoms with Gasteiger partial charge in [-0.05, 0) is 51.5 Å². The highest BCUT2D eigenvalue weighted by Crippen LogP contribution is 2.17. The second-order valence-corrected chi connectivity index (χ2v) is 8.24. The lowest BCUT2D eigenvalue weighted by molar-refractivity contribution is -0.116. The summed E-state index contributed by atoms with van der Waals surface area (Å²) in [5, 5.41) is 7.07. The molecule has 2 aromatic rings. The lowest BCUT2D eigenvalue weighted by atomic mass is 10.3. The van der Waals surface area contributed by atoms with E-state index in [2.05, 4.69) is 10.4 Å². The van der Waals surface area contributed by atoms with Crippen LogP contribution in [0.15, 0.2) is 35.2 Å². The number of nitrogens with zero attached hydrogens (tertiary/aromatic N) is 2. The molecule has 1 aromatic carbocycles. The molecule has 0 spiro atoms. The summed E-state index contributed by atoms with van der Waals surface area (Å²) in [6, 6.07) is 6.54. The molecule has 0 atom stereocenters. The number of benzene rings is 1. The lowest BCUT2D eigenvalue weighted by Crippen LogP contribution is -2.17. The standard InChI is InChI=1S/C17H22FN3O3S/c1-12(2)21-16(11-13(3)20-21)19-17(22)5-4-10-25(23,24)15-8-6-14(18)7-9-15/h6-9,11-12H,4-5,10H2,1-3H3,(H,19,22). The Morgan fingerprint density at radius 2 is 1.92 bits per heavy atom. The number of sulfone groups is 1. The van der Waals surface area contributed by atoms with E-state index in [1.807, 2.05) is 20.8 Å². The maximum absolute atomic E-state index is 12.9. The van der Waals surface area contributed by atoms with Crippen LogP contribution in [0.2, 0.25) is 0 Å². The number of rotatable bonds is 7. The molecule has 2 rings (SSSR count). The summed E-state index contributed by atoms with van der Waals surface area (Å²) < 4.78 is 38.9. The van der Waals surface area contributed by atoms with E-state index in [-0.39, 0.29) is 35.4 Å². The average molecular weight is 367 g/mol. The van der Waals surface area contributed by atoms with Gasteiger partial charge in [0.15, 0.2) is 9.84 Å². The van der Waals surface area contributed by atoms with Crippen LogP contribution < -0.4 is 5.32 Å². The number of amides is 1. The Morgan fingerprint density at radius 1 is 1.28 bits per heavy atom. The summed E-state index contributed by atoms with van der Waals surface area (Å²) in [5.41, 5.74) is 0.794. The number of aromatic nitrogens is 2. The number of aryl methyl sites for hydroxylation is 1. The van der Waals surface area contributed by atoms with Crippen molar-refractivity contribution in [1.29, 1.82) is 0 Å². The Bertz CT molecular complexity index is 843. The molecular formula is C17H22FN3O3S. The molecule has 1 heterocycles. The molecule has 0 aliphatic carbocycles. The Balaban J connectivity index is 1.91. The largest absolute Gasteiger partial charge is 0.311 e. The number of nitrogens with one attached hydrogen (secondary N) is 1. The average Bonchev–Trinajstić information content (AvgIpc) is 2.88. The van der Waals surface area contributed by atoms with E-state index in [0.29, 0.717) is 5.82 Å². The minimum Gasteiger partial charge on any atom is -0.311 e. The number of carbonyl (C=O) groups excluding carboxylic acids is 1. The van der Waals surface area contributed by atoms with Crippen molar-refractivity contribution >= 4 is 21.6 Å². The van der Waals surface area contributed by atoms with Gasteiger partial charge in [-0.2, -0.15) is 5.10 Å². The zero-order chi connectivity index (χ0) is 18.6. The van der Waals surface area contributed by atoms with Crippen molar-refractivity contribution < 1.29 is 17.6 Å². The van der Waals surface area contributed by atoms with Gasteiger partial charge in [0.1, 0.15) is 11.6 Å². The van der Waals surface area contributed by atoms with Crippen molar-refractivity contribution in [2.24, 2.45) is 0 Å². The Hall–Kier alpha value is -2.22. The van der Waals surface area contributed by atoms with Gasteiger partial charge >= 0.3 is 0 Å². The van der Waals surface area contributed by atoms with E-state index in [1.165, 1.54) is 12.1 Å². The highest BCUT2D eigenvalue weighted by Gasteiger charge is 2.16. The molecule has 0 saturated carbocycles. The number of hydrogen-bond donors (Lipinski definition) is 1. The topological polar surface area (TPSA) is 81.1 Å². The van der Waals surface area contributed by atoms with Crippen LogP contribution in [0.1, 0.15) is 38.4 Å². The number of hydrogen-bond acceptors (Lipinski definition) is 4. The molecule has 25 heavy (non-hydrogen) atoms. The van der Waals surface area contributed by atoms with Crippen molar-refractivity contribution in [1.82, 2.24) is 9.78 Å². The fourth-order valence-corrected chi connectivity index (χ4v) is 3.70. The quantitative estimate of drug-likeness (QED) is 0.763. The van der Waals surface area contributed by atoms with Crippen LogP contribution in [0.5, 0.6) is 0 Å². The van der Waals surface area contributed by atoms with Crippen LogP contribution in [-0.2, 0) is 14.6 Å². The Kier molecular flexibility index (Phi) is 5.94. The zero-order valence-electron chi connectivity index (χ0n) is 14.5. The zero-order valence-corrected chi connectivity index (χ0v) is 15.3. The third kappa shape index (κ3) is 5.12. The van der Waals surface area contributed by atoms with Gasteiger partial charge in [-0.25, -0.2) is 17.5 Å². The number of halogens is 1. The van der Waals surface area contributed by atoms with Gasteiger partial charge in [-0.3, -0.25) is 4.79 Å². The first-order valence-corrected chi connectivity index (χ1v) is 9.68. The first-order chi connectivity index (χ1) is 11.7.